The van der Waals surface area contributed by atoms with Crippen LogP contribution >= 0.6 is 0 Å². The number of aryl methyl sites for hydroxylation is 1. The largest absolute Gasteiger partial charge is 0.375 e. The third kappa shape index (κ3) is 6.95. The lowest BCUT2D eigenvalue weighted by Gasteiger charge is -2.19. The fourth-order valence-electron chi connectivity index (χ4n) is 2.28. The van der Waals surface area contributed by atoms with Crippen LogP contribution in [-0.4, -0.2) is 26.7 Å². The Kier molecular flexibility index (Phi) is 8.36. The van der Waals surface area contributed by atoms with Crippen molar-refractivity contribution in [1.82, 2.24) is 5.32 Å². The molecular weight excluding hydrogens is 244 g/mol. The maximum absolute atomic E-state index is 3.50. The van der Waals surface area contributed by atoms with Crippen LogP contribution in [0.4, 0.5) is 5.69 Å². The molecule has 0 unspecified atom stereocenters. The van der Waals surface area contributed by atoms with Gasteiger partial charge < -0.3 is 10.2 Å². The first-order chi connectivity index (χ1) is 9.63. The topological polar surface area (TPSA) is 15.3 Å². The van der Waals surface area contributed by atoms with Gasteiger partial charge in [0.05, 0.1) is 0 Å². The van der Waals surface area contributed by atoms with Gasteiger partial charge in [-0.05, 0) is 56.0 Å². The van der Waals surface area contributed by atoms with Crippen molar-refractivity contribution < 1.29 is 0 Å². The minimum Gasteiger partial charge on any atom is -0.375 e. The zero-order chi connectivity index (χ0) is 14.8. The summed E-state index contributed by atoms with van der Waals surface area (Å²) in [6.45, 7) is 10.2. The van der Waals surface area contributed by atoms with Crippen LogP contribution in [0.25, 0.3) is 0 Å². The van der Waals surface area contributed by atoms with E-state index in [-0.39, 0.29) is 0 Å². The third-order valence-corrected chi connectivity index (χ3v) is 3.69. The molecule has 114 valence electrons. The molecule has 1 aromatic rings. The van der Waals surface area contributed by atoms with Crippen LogP contribution in [0.5, 0.6) is 0 Å². The number of hydrogen-bond acceptors (Lipinski definition) is 2. The molecule has 0 bridgehead atoms. The highest BCUT2D eigenvalue weighted by molar-refractivity contribution is 5.46. The van der Waals surface area contributed by atoms with Gasteiger partial charge in [-0.1, -0.05) is 39.3 Å². The van der Waals surface area contributed by atoms with E-state index in [1.54, 1.807) is 0 Å². The standard InChI is InChI=1S/C18H32N2/c1-5-17-9-11-18(12-10-17)20(4)14-8-6-7-13-19-15-16(2)3/h9-12,16,19H,5-8,13-15H2,1-4H3. The smallest absolute Gasteiger partial charge is 0.0363 e. The van der Waals surface area contributed by atoms with E-state index in [1.165, 1.54) is 30.5 Å². The van der Waals surface area contributed by atoms with Gasteiger partial charge in [-0.3, -0.25) is 0 Å². The van der Waals surface area contributed by atoms with Gasteiger partial charge in [0.15, 0.2) is 0 Å². The Morgan fingerprint density at radius 2 is 1.75 bits per heavy atom. The van der Waals surface area contributed by atoms with Gasteiger partial charge in [-0.2, -0.15) is 0 Å². The van der Waals surface area contributed by atoms with E-state index in [0.29, 0.717) is 0 Å². The Morgan fingerprint density at radius 3 is 2.35 bits per heavy atom. The highest BCUT2D eigenvalue weighted by Crippen LogP contribution is 2.14. The molecule has 0 saturated heterocycles. The van der Waals surface area contributed by atoms with Crippen molar-refractivity contribution in [2.75, 3.05) is 31.6 Å². The molecule has 0 atom stereocenters. The number of rotatable bonds is 10. The molecule has 0 fully saturated rings. The highest BCUT2D eigenvalue weighted by Gasteiger charge is 2.00. The second-order valence-corrected chi connectivity index (χ2v) is 6.10. The summed E-state index contributed by atoms with van der Waals surface area (Å²) in [5, 5.41) is 3.50. The molecule has 0 radical (unpaired) electrons. The lowest BCUT2D eigenvalue weighted by molar-refractivity contribution is 0.530. The van der Waals surface area contributed by atoms with Crippen molar-refractivity contribution in [3.63, 3.8) is 0 Å². The Balaban J connectivity index is 2.11. The Bertz CT molecular complexity index is 343. The number of unbranched alkanes of at least 4 members (excludes halogenated alkanes) is 2. The van der Waals surface area contributed by atoms with Gasteiger partial charge in [-0.25, -0.2) is 0 Å². The molecule has 0 saturated carbocycles. The van der Waals surface area contributed by atoms with E-state index in [1.807, 2.05) is 0 Å². The Labute approximate surface area is 125 Å². The van der Waals surface area contributed by atoms with Crippen LogP contribution in [-0.2, 0) is 6.42 Å². The van der Waals surface area contributed by atoms with Gasteiger partial charge in [0.2, 0.25) is 0 Å². The van der Waals surface area contributed by atoms with E-state index in [9.17, 15) is 0 Å². The average Bonchev–Trinajstić information content (AvgIpc) is 2.45. The predicted octanol–water partition coefficient (Wildman–Crippen LogP) is 4.10. The number of nitrogens with one attached hydrogen (secondary N) is 1. The first-order valence-electron chi connectivity index (χ1n) is 8.14. The number of hydrogen-bond donors (Lipinski definition) is 1. The maximum atomic E-state index is 3.50. The molecule has 0 amide bonds. The number of benzene rings is 1. The first kappa shape index (κ1) is 17.0. The monoisotopic (exact) mass is 276 g/mol. The maximum Gasteiger partial charge on any atom is 0.0363 e. The second-order valence-electron chi connectivity index (χ2n) is 6.10. The molecule has 0 aromatic heterocycles. The molecular formula is C18H32N2. The minimum atomic E-state index is 0.757. The highest BCUT2D eigenvalue weighted by atomic mass is 15.1. The minimum absolute atomic E-state index is 0.757. The normalized spacial score (nSPS) is 11.1. The first-order valence-corrected chi connectivity index (χ1v) is 8.14. The van der Waals surface area contributed by atoms with Crippen molar-refractivity contribution in [2.24, 2.45) is 5.92 Å². The summed E-state index contributed by atoms with van der Waals surface area (Å²) in [6.07, 6.45) is 4.99. The molecule has 2 heteroatoms. The van der Waals surface area contributed by atoms with Crippen LogP contribution < -0.4 is 10.2 Å². The zero-order valence-electron chi connectivity index (χ0n) is 13.8. The molecule has 1 aromatic carbocycles. The summed E-state index contributed by atoms with van der Waals surface area (Å²) in [5.41, 5.74) is 2.75. The lowest BCUT2D eigenvalue weighted by atomic mass is 10.1. The van der Waals surface area contributed by atoms with Gasteiger partial charge in [-0.15, -0.1) is 0 Å². The van der Waals surface area contributed by atoms with Gasteiger partial charge in [0.1, 0.15) is 0 Å². The molecule has 0 spiro atoms. The van der Waals surface area contributed by atoms with E-state index >= 15 is 0 Å². The SMILES string of the molecule is CCc1ccc(N(C)CCCCCNCC(C)C)cc1. The molecule has 2 nitrogen and oxygen atoms in total. The van der Waals surface area contributed by atoms with Crippen molar-refractivity contribution in [3.05, 3.63) is 29.8 Å². The van der Waals surface area contributed by atoms with Crippen molar-refractivity contribution in [1.29, 1.82) is 0 Å². The summed E-state index contributed by atoms with van der Waals surface area (Å²) in [4.78, 5) is 2.36. The van der Waals surface area contributed by atoms with Gasteiger partial charge >= 0.3 is 0 Å². The van der Waals surface area contributed by atoms with Crippen molar-refractivity contribution in [3.8, 4) is 0 Å². The quantitative estimate of drug-likeness (QED) is 0.647. The van der Waals surface area contributed by atoms with Crippen LogP contribution in [0.1, 0.15) is 45.6 Å². The lowest BCUT2D eigenvalue weighted by Crippen LogP contribution is -2.21. The van der Waals surface area contributed by atoms with Crippen molar-refractivity contribution >= 4 is 5.69 Å². The third-order valence-electron chi connectivity index (χ3n) is 3.69. The number of anilines is 1. The summed E-state index contributed by atoms with van der Waals surface area (Å²) < 4.78 is 0. The van der Waals surface area contributed by atoms with Crippen LogP contribution in [0.3, 0.4) is 0 Å². The molecule has 0 aliphatic heterocycles. The van der Waals surface area contributed by atoms with Crippen molar-refractivity contribution in [2.45, 2.75) is 46.5 Å². The summed E-state index contributed by atoms with van der Waals surface area (Å²) >= 11 is 0. The van der Waals surface area contributed by atoms with Gasteiger partial charge in [0, 0.05) is 19.3 Å². The average molecular weight is 276 g/mol. The summed E-state index contributed by atoms with van der Waals surface area (Å²) in [7, 11) is 2.19. The molecule has 0 aliphatic rings. The van der Waals surface area contributed by atoms with E-state index in [2.05, 4.69) is 62.3 Å². The fourth-order valence-corrected chi connectivity index (χ4v) is 2.28. The van der Waals surface area contributed by atoms with Crippen LogP contribution in [0.15, 0.2) is 24.3 Å². The van der Waals surface area contributed by atoms with Crippen LogP contribution in [0, 0.1) is 5.92 Å². The Hall–Kier alpha value is -1.02. The van der Waals surface area contributed by atoms with Gasteiger partial charge in [0.25, 0.3) is 0 Å². The van der Waals surface area contributed by atoms with Crippen LogP contribution in [0.2, 0.25) is 0 Å². The molecule has 20 heavy (non-hydrogen) atoms. The molecule has 1 N–H and O–H groups in total. The van der Waals surface area contributed by atoms with E-state index < -0.39 is 0 Å². The molecule has 0 aliphatic carbocycles. The molecule has 0 heterocycles. The molecule has 1 rings (SSSR count). The summed E-state index contributed by atoms with van der Waals surface area (Å²) in [5.74, 6) is 0.757. The van der Waals surface area contributed by atoms with E-state index in [0.717, 1.165) is 32.0 Å². The fraction of sp³-hybridized carbons (Fsp3) is 0.667. The zero-order valence-corrected chi connectivity index (χ0v) is 13.8. The number of nitrogens with zero attached hydrogens (tertiary/aromatic N) is 1. The Morgan fingerprint density at radius 1 is 1.05 bits per heavy atom. The predicted molar refractivity (Wildman–Crippen MR) is 90.6 cm³/mol. The second kappa shape index (κ2) is 9.82. The summed E-state index contributed by atoms with van der Waals surface area (Å²) in [6, 6.07) is 8.95. The van der Waals surface area contributed by atoms with E-state index in [4.69, 9.17) is 0 Å².